The quantitative estimate of drug-likeness (QED) is 0.791. The van der Waals surface area contributed by atoms with Crippen molar-refractivity contribution >= 4 is 11.6 Å². The van der Waals surface area contributed by atoms with Gasteiger partial charge in [0.15, 0.2) is 0 Å². The van der Waals surface area contributed by atoms with Crippen molar-refractivity contribution in [3.8, 4) is 0 Å². The van der Waals surface area contributed by atoms with Crippen LogP contribution in [0.1, 0.15) is 15.9 Å². The second kappa shape index (κ2) is 5.05. The highest BCUT2D eigenvalue weighted by Gasteiger charge is 2.27. The lowest BCUT2D eigenvalue weighted by molar-refractivity contribution is -0.176. The maximum Gasteiger partial charge on any atom is 0.411 e. The molecule has 0 atom stereocenters. The molecule has 0 unspecified atom stereocenters. The van der Waals surface area contributed by atoms with Crippen LogP contribution in [0.4, 0.5) is 18.9 Å². The summed E-state index contributed by atoms with van der Waals surface area (Å²) in [5.74, 6) is -0.653. The van der Waals surface area contributed by atoms with Crippen LogP contribution in [0.3, 0.4) is 0 Å². The van der Waals surface area contributed by atoms with Gasteiger partial charge in [0.2, 0.25) is 5.91 Å². The van der Waals surface area contributed by atoms with E-state index in [4.69, 9.17) is 11.5 Å². The van der Waals surface area contributed by atoms with Gasteiger partial charge in [-0.3, -0.25) is 4.79 Å². The molecule has 4 N–H and O–H groups in total. The summed E-state index contributed by atoms with van der Waals surface area (Å²) in [6, 6.07) is 4.09. The van der Waals surface area contributed by atoms with E-state index in [2.05, 4.69) is 4.74 Å². The Balaban J connectivity index is 2.64. The molecule has 0 spiro atoms. The van der Waals surface area contributed by atoms with E-state index < -0.39 is 18.7 Å². The highest BCUT2D eigenvalue weighted by molar-refractivity contribution is 5.93. The number of carbonyl (C=O) groups excluding carboxylic acids is 1. The average molecular weight is 248 g/mol. The minimum atomic E-state index is -4.37. The van der Waals surface area contributed by atoms with Gasteiger partial charge in [-0.15, -0.1) is 0 Å². The van der Waals surface area contributed by atoms with Crippen molar-refractivity contribution in [2.24, 2.45) is 5.73 Å². The summed E-state index contributed by atoms with van der Waals surface area (Å²) < 4.78 is 39.9. The van der Waals surface area contributed by atoms with E-state index in [0.29, 0.717) is 5.56 Å². The monoisotopic (exact) mass is 248 g/mol. The number of anilines is 1. The predicted octanol–water partition coefficient (Wildman–Crippen LogP) is 1.45. The number of nitrogens with two attached hydrogens (primary N) is 2. The van der Waals surface area contributed by atoms with Gasteiger partial charge in [-0.25, -0.2) is 0 Å². The summed E-state index contributed by atoms with van der Waals surface area (Å²) in [4.78, 5) is 10.8. The molecule has 1 amide bonds. The number of ether oxygens (including phenoxy) is 1. The Kier molecular flexibility index (Phi) is 3.95. The third-order valence-electron chi connectivity index (χ3n) is 1.95. The van der Waals surface area contributed by atoms with Gasteiger partial charge in [-0.2, -0.15) is 13.2 Å². The van der Waals surface area contributed by atoms with Crippen LogP contribution in [0.25, 0.3) is 0 Å². The molecular weight excluding hydrogens is 237 g/mol. The van der Waals surface area contributed by atoms with E-state index in [1.807, 2.05) is 0 Å². The molecule has 7 heteroatoms. The van der Waals surface area contributed by atoms with Crippen LogP contribution in [0.2, 0.25) is 0 Å². The molecule has 0 heterocycles. The molecule has 0 saturated carbocycles. The maximum atomic E-state index is 11.8. The van der Waals surface area contributed by atoms with E-state index >= 15 is 0 Å². The number of hydrogen-bond acceptors (Lipinski definition) is 3. The topological polar surface area (TPSA) is 78.3 Å². The third-order valence-corrected chi connectivity index (χ3v) is 1.95. The first-order chi connectivity index (χ1) is 7.79. The molecule has 0 fully saturated rings. The van der Waals surface area contributed by atoms with Crippen LogP contribution in [-0.4, -0.2) is 18.7 Å². The van der Waals surface area contributed by atoms with Crippen molar-refractivity contribution in [2.75, 3.05) is 12.3 Å². The first-order valence-corrected chi connectivity index (χ1v) is 4.62. The maximum absolute atomic E-state index is 11.8. The molecular formula is C10H11F3N2O2. The Morgan fingerprint density at radius 1 is 1.35 bits per heavy atom. The van der Waals surface area contributed by atoms with Crippen LogP contribution >= 0.6 is 0 Å². The lowest BCUT2D eigenvalue weighted by Crippen LogP contribution is -2.17. The third kappa shape index (κ3) is 4.31. The fourth-order valence-corrected chi connectivity index (χ4v) is 1.16. The lowest BCUT2D eigenvalue weighted by atomic mass is 10.1. The Morgan fingerprint density at radius 2 is 2.00 bits per heavy atom. The summed E-state index contributed by atoms with van der Waals surface area (Å²) in [6.45, 7) is -1.62. The van der Waals surface area contributed by atoms with E-state index in [9.17, 15) is 18.0 Å². The summed E-state index contributed by atoms with van der Waals surface area (Å²) in [5, 5.41) is 0. The largest absolute Gasteiger partial charge is 0.411 e. The number of nitrogen functional groups attached to an aromatic ring is 1. The van der Waals surface area contributed by atoms with Crippen LogP contribution in [-0.2, 0) is 11.3 Å². The number of carbonyl (C=O) groups is 1. The van der Waals surface area contributed by atoms with Gasteiger partial charge in [-0.05, 0) is 12.1 Å². The normalized spacial score (nSPS) is 11.5. The van der Waals surface area contributed by atoms with Crippen LogP contribution in [0, 0.1) is 0 Å². The molecule has 0 aliphatic rings. The Bertz CT molecular complexity index is 419. The summed E-state index contributed by atoms with van der Waals surface area (Å²) in [7, 11) is 0. The number of alkyl halides is 3. The van der Waals surface area contributed by atoms with E-state index in [1.54, 1.807) is 0 Å². The van der Waals surface area contributed by atoms with Gasteiger partial charge >= 0.3 is 6.18 Å². The Labute approximate surface area is 95.3 Å². The zero-order valence-corrected chi connectivity index (χ0v) is 8.75. The SMILES string of the molecule is NC(=O)c1ccc(COCC(F)(F)F)c(N)c1. The summed E-state index contributed by atoms with van der Waals surface area (Å²) in [5.41, 5.74) is 11.3. The standard InChI is InChI=1S/C10H11F3N2O2/c11-10(12,13)5-17-4-7-2-1-6(9(15)16)3-8(7)14/h1-3H,4-5,14H2,(H2,15,16). The Hall–Kier alpha value is -1.76. The Morgan fingerprint density at radius 3 is 2.47 bits per heavy atom. The lowest BCUT2D eigenvalue weighted by Gasteiger charge is -2.09. The zero-order valence-electron chi connectivity index (χ0n) is 8.75. The highest BCUT2D eigenvalue weighted by atomic mass is 19.4. The highest BCUT2D eigenvalue weighted by Crippen LogP contribution is 2.18. The molecule has 94 valence electrons. The second-order valence-corrected chi connectivity index (χ2v) is 3.39. The number of rotatable bonds is 4. The molecule has 4 nitrogen and oxygen atoms in total. The first-order valence-electron chi connectivity index (χ1n) is 4.62. The van der Waals surface area contributed by atoms with Crippen molar-refractivity contribution in [1.29, 1.82) is 0 Å². The number of hydrogen-bond donors (Lipinski definition) is 2. The molecule has 0 bridgehead atoms. The fourth-order valence-electron chi connectivity index (χ4n) is 1.16. The van der Waals surface area contributed by atoms with Crippen molar-refractivity contribution in [3.63, 3.8) is 0 Å². The van der Waals surface area contributed by atoms with Gasteiger partial charge in [0.25, 0.3) is 0 Å². The average Bonchev–Trinajstić information content (AvgIpc) is 2.18. The summed E-state index contributed by atoms with van der Waals surface area (Å²) >= 11 is 0. The van der Waals surface area contributed by atoms with Crippen LogP contribution in [0.15, 0.2) is 18.2 Å². The van der Waals surface area contributed by atoms with Crippen LogP contribution in [0.5, 0.6) is 0 Å². The molecule has 0 aromatic heterocycles. The number of amides is 1. The molecule has 0 radical (unpaired) electrons. The van der Waals surface area contributed by atoms with Crippen molar-refractivity contribution in [1.82, 2.24) is 0 Å². The fraction of sp³-hybridized carbons (Fsp3) is 0.300. The second-order valence-electron chi connectivity index (χ2n) is 3.39. The minimum Gasteiger partial charge on any atom is -0.398 e. The minimum absolute atomic E-state index is 0.170. The first kappa shape index (κ1) is 13.3. The van der Waals surface area contributed by atoms with E-state index in [0.717, 1.165) is 0 Å². The van der Waals surface area contributed by atoms with Gasteiger partial charge in [0.05, 0.1) is 6.61 Å². The smallest absolute Gasteiger partial charge is 0.398 e. The molecule has 17 heavy (non-hydrogen) atoms. The molecule has 0 aliphatic heterocycles. The van der Waals surface area contributed by atoms with Gasteiger partial charge in [0, 0.05) is 16.8 Å². The molecule has 1 rings (SSSR count). The molecule has 0 saturated heterocycles. The predicted molar refractivity (Wildman–Crippen MR) is 55.1 cm³/mol. The number of benzene rings is 1. The van der Waals surface area contributed by atoms with Crippen molar-refractivity contribution < 1.29 is 22.7 Å². The molecule has 1 aromatic rings. The summed E-state index contributed by atoms with van der Waals surface area (Å²) in [6.07, 6.45) is -4.37. The van der Waals surface area contributed by atoms with E-state index in [1.165, 1.54) is 18.2 Å². The molecule has 0 aliphatic carbocycles. The van der Waals surface area contributed by atoms with Gasteiger partial charge < -0.3 is 16.2 Å². The number of halogens is 3. The molecule has 1 aromatic carbocycles. The number of primary amides is 1. The van der Waals surface area contributed by atoms with Crippen LogP contribution < -0.4 is 11.5 Å². The van der Waals surface area contributed by atoms with Gasteiger partial charge in [0.1, 0.15) is 6.61 Å². The van der Waals surface area contributed by atoms with Crippen molar-refractivity contribution in [3.05, 3.63) is 29.3 Å². The van der Waals surface area contributed by atoms with Gasteiger partial charge in [-0.1, -0.05) is 6.07 Å². The zero-order chi connectivity index (χ0) is 13.1. The van der Waals surface area contributed by atoms with Crippen molar-refractivity contribution in [2.45, 2.75) is 12.8 Å². The van der Waals surface area contributed by atoms with E-state index in [-0.39, 0.29) is 17.9 Å².